The second-order valence-corrected chi connectivity index (χ2v) is 7.18. The minimum atomic E-state index is 0.0467. The molecule has 4 fully saturated rings. The zero-order valence-electron chi connectivity index (χ0n) is 12.7. The predicted molar refractivity (Wildman–Crippen MR) is 84.4 cm³/mol. The summed E-state index contributed by atoms with van der Waals surface area (Å²) >= 11 is 0. The van der Waals surface area contributed by atoms with Crippen LogP contribution in [0.4, 0.5) is 0 Å². The van der Waals surface area contributed by atoms with E-state index >= 15 is 0 Å². The Bertz CT molecular complexity index is 600. The second-order valence-electron chi connectivity index (χ2n) is 7.18. The number of carbonyl (C=O) groups is 1. The van der Waals surface area contributed by atoms with Crippen LogP contribution in [0.1, 0.15) is 19.3 Å². The lowest BCUT2D eigenvalue weighted by molar-refractivity contribution is -0.133. The van der Waals surface area contributed by atoms with Gasteiger partial charge in [-0.05, 0) is 56.1 Å². The molecule has 6 heterocycles. The Kier molecular flexibility index (Phi) is 2.74. The molecule has 3 unspecified atom stereocenters. The third kappa shape index (κ3) is 1.75. The van der Waals surface area contributed by atoms with Crippen molar-refractivity contribution >= 4 is 12.1 Å². The van der Waals surface area contributed by atoms with Gasteiger partial charge in [-0.1, -0.05) is 0 Å². The number of dihydropyridines is 1. The van der Waals surface area contributed by atoms with Crippen LogP contribution in [0.25, 0.3) is 0 Å². The molecule has 0 aromatic heterocycles. The summed E-state index contributed by atoms with van der Waals surface area (Å²) in [5.41, 5.74) is 2.30. The van der Waals surface area contributed by atoms with Gasteiger partial charge in [-0.2, -0.15) is 0 Å². The van der Waals surface area contributed by atoms with Crippen molar-refractivity contribution in [2.24, 2.45) is 16.8 Å². The molecule has 1 amide bonds. The minimum absolute atomic E-state index is 0.0467. The number of nitrogens with one attached hydrogen (secondary N) is 1. The normalized spacial score (nSPS) is 42.5. The third-order valence-corrected chi connectivity index (χ3v) is 6.16. The molecule has 0 aromatic carbocycles. The molecule has 1 N–H and O–H groups in total. The summed E-state index contributed by atoms with van der Waals surface area (Å²) in [6, 6.07) is 0.417. The monoisotopic (exact) mass is 298 g/mol. The van der Waals surface area contributed by atoms with Gasteiger partial charge in [0.1, 0.15) is 6.17 Å². The fraction of sp³-hybridized carbons (Fsp3) is 0.647. The van der Waals surface area contributed by atoms with Gasteiger partial charge in [0.25, 0.3) is 5.91 Å². The smallest absolute Gasteiger partial charge is 0.250 e. The Morgan fingerprint density at radius 2 is 2.09 bits per heavy atom. The van der Waals surface area contributed by atoms with Crippen molar-refractivity contribution in [1.29, 1.82) is 0 Å². The standard InChI is InChI=1S/C17H22N4O/c22-17-13-1-5-18-16-15(13)12(9-19-16)4-8-21(17)14-10-20-6-2-11(14)3-7-20/h1,5,9,11,14-16,19H,2-4,6-8,10H2. The molecule has 22 heavy (non-hydrogen) atoms. The second kappa shape index (κ2) is 4.69. The molecule has 0 aliphatic carbocycles. The fourth-order valence-corrected chi connectivity index (χ4v) is 4.95. The summed E-state index contributed by atoms with van der Waals surface area (Å²) in [5.74, 6) is 1.13. The lowest BCUT2D eigenvalue weighted by Gasteiger charge is -2.49. The van der Waals surface area contributed by atoms with Crippen molar-refractivity contribution in [3.05, 3.63) is 23.4 Å². The molecule has 6 aliphatic heterocycles. The highest BCUT2D eigenvalue weighted by Crippen LogP contribution is 2.39. The van der Waals surface area contributed by atoms with Crippen LogP contribution in [-0.4, -0.2) is 60.3 Å². The molecule has 116 valence electrons. The van der Waals surface area contributed by atoms with Gasteiger partial charge in [0, 0.05) is 30.9 Å². The van der Waals surface area contributed by atoms with Crippen LogP contribution in [0.2, 0.25) is 0 Å². The number of carbonyl (C=O) groups excluding carboxylic acids is 1. The molecular formula is C17H22N4O. The molecule has 5 nitrogen and oxygen atoms in total. The van der Waals surface area contributed by atoms with Crippen LogP contribution in [-0.2, 0) is 4.79 Å². The highest BCUT2D eigenvalue weighted by atomic mass is 16.2. The first kappa shape index (κ1) is 12.9. The van der Waals surface area contributed by atoms with Gasteiger partial charge in [-0.15, -0.1) is 0 Å². The molecule has 5 heteroatoms. The number of fused-ring (bicyclic) bond motifs is 3. The Morgan fingerprint density at radius 3 is 2.86 bits per heavy atom. The Hall–Kier alpha value is -1.62. The number of hydrogen-bond donors (Lipinski definition) is 1. The summed E-state index contributed by atoms with van der Waals surface area (Å²) in [6.07, 6.45) is 9.39. The van der Waals surface area contributed by atoms with E-state index in [1.54, 1.807) is 6.21 Å². The number of hydrogen-bond acceptors (Lipinski definition) is 4. The molecule has 3 atom stereocenters. The zero-order valence-corrected chi connectivity index (χ0v) is 12.7. The van der Waals surface area contributed by atoms with Crippen LogP contribution in [0.3, 0.4) is 0 Å². The predicted octanol–water partition coefficient (Wildman–Crippen LogP) is 0.753. The lowest BCUT2D eigenvalue weighted by Crippen LogP contribution is -2.59. The minimum Gasteiger partial charge on any atom is -0.369 e. The molecule has 6 aliphatic rings. The molecular weight excluding hydrogens is 276 g/mol. The first-order valence-corrected chi connectivity index (χ1v) is 8.53. The van der Waals surface area contributed by atoms with Crippen LogP contribution < -0.4 is 5.32 Å². The number of piperidine rings is 3. The van der Waals surface area contributed by atoms with E-state index in [2.05, 4.69) is 26.3 Å². The fourth-order valence-electron chi connectivity index (χ4n) is 4.95. The van der Waals surface area contributed by atoms with Gasteiger partial charge in [0.15, 0.2) is 0 Å². The quantitative estimate of drug-likeness (QED) is 0.777. The lowest BCUT2D eigenvalue weighted by atomic mass is 9.82. The molecule has 4 saturated heterocycles. The van der Waals surface area contributed by atoms with Gasteiger partial charge in [-0.25, -0.2) is 0 Å². The van der Waals surface area contributed by atoms with Crippen LogP contribution in [0, 0.1) is 11.8 Å². The van der Waals surface area contributed by atoms with E-state index in [9.17, 15) is 4.79 Å². The van der Waals surface area contributed by atoms with Crippen LogP contribution in [0.15, 0.2) is 28.4 Å². The molecule has 0 radical (unpaired) electrons. The average Bonchev–Trinajstić information content (AvgIpc) is 2.93. The number of allylic oxidation sites excluding steroid dienone is 1. The number of amides is 1. The molecule has 6 rings (SSSR count). The Balaban J connectivity index is 1.49. The van der Waals surface area contributed by atoms with E-state index in [-0.39, 0.29) is 18.0 Å². The highest BCUT2D eigenvalue weighted by molar-refractivity contribution is 6.00. The molecule has 0 spiro atoms. The van der Waals surface area contributed by atoms with E-state index in [1.165, 1.54) is 31.5 Å². The summed E-state index contributed by atoms with van der Waals surface area (Å²) < 4.78 is 0. The third-order valence-electron chi connectivity index (χ3n) is 6.16. The largest absolute Gasteiger partial charge is 0.369 e. The van der Waals surface area contributed by atoms with E-state index < -0.39 is 0 Å². The van der Waals surface area contributed by atoms with Crippen LogP contribution >= 0.6 is 0 Å². The zero-order chi connectivity index (χ0) is 14.7. The number of rotatable bonds is 1. The van der Waals surface area contributed by atoms with Crippen LogP contribution in [0.5, 0.6) is 0 Å². The first-order valence-electron chi connectivity index (χ1n) is 8.53. The van der Waals surface area contributed by atoms with Crippen molar-refractivity contribution in [2.75, 3.05) is 26.2 Å². The number of aliphatic imine (C=N–C) groups is 1. The van der Waals surface area contributed by atoms with Crippen molar-refractivity contribution < 1.29 is 4.79 Å². The van der Waals surface area contributed by atoms with Gasteiger partial charge < -0.3 is 15.1 Å². The van der Waals surface area contributed by atoms with E-state index in [4.69, 9.17) is 0 Å². The summed E-state index contributed by atoms with van der Waals surface area (Å²) in [5, 5.41) is 3.32. The summed E-state index contributed by atoms with van der Waals surface area (Å²) in [6.45, 7) is 4.38. The first-order chi connectivity index (χ1) is 10.8. The van der Waals surface area contributed by atoms with Crippen molar-refractivity contribution in [3.8, 4) is 0 Å². The Labute approximate surface area is 130 Å². The SMILES string of the molecule is O=C1C2=CC=NC3NC=C(CCN1C1CN4CCC1CC4)C23. The van der Waals surface area contributed by atoms with Gasteiger partial charge in [-0.3, -0.25) is 9.79 Å². The van der Waals surface area contributed by atoms with Crippen molar-refractivity contribution in [1.82, 2.24) is 15.1 Å². The number of likely N-dealkylation sites (tertiary alicyclic amines) is 1. The maximum Gasteiger partial charge on any atom is 0.250 e. The maximum absolute atomic E-state index is 13.2. The summed E-state index contributed by atoms with van der Waals surface area (Å²) in [7, 11) is 0. The topological polar surface area (TPSA) is 47.9 Å². The molecule has 0 saturated carbocycles. The number of nitrogens with zero attached hydrogens (tertiary/aromatic N) is 3. The molecule has 2 bridgehead atoms. The Morgan fingerprint density at radius 1 is 1.23 bits per heavy atom. The van der Waals surface area contributed by atoms with Gasteiger partial charge in [0.05, 0.1) is 5.92 Å². The van der Waals surface area contributed by atoms with E-state index in [1.807, 2.05) is 6.08 Å². The maximum atomic E-state index is 13.2. The van der Waals surface area contributed by atoms with Crippen molar-refractivity contribution in [3.63, 3.8) is 0 Å². The van der Waals surface area contributed by atoms with E-state index in [0.717, 1.165) is 25.1 Å². The van der Waals surface area contributed by atoms with Gasteiger partial charge in [0.2, 0.25) is 0 Å². The van der Waals surface area contributed by atoms with E-state index in [0.29, 0.717) is 12.0 Å². The van der Waals surface area contributed by atoms with Gasteiger partial charge >= 0.3 is 0 Å². The summed E-state index contributed by atoms with van der Waals surface area (Å²) in [4.78, 5) is 22.4. The average molecular weight is 298 g/mol. The van der Waals surface area contributed by atoms with Crippen molar-refractivity contribution in [2.45, 2.75) is 31.5 Å². The highest BCUT2D eigenvalue weighted by Gasteiger charge is 2.45. The molecule has 0 aromatic rings.